The quantitative estimate of drug-likeness (QED) is 0.747. The van der Waals surface area contributed by atoms with Gasteiger partial charge in [0.2, 0.25) is 0 Å². The van der Waals surface area contributed by atoms with Crippen LogP contribution in [0.25, 0.3) is 10.9 Å². The molecule has 0 aliphatic heterocycles. The highest BCUT2D eigenvalue weighted by Crippen LogP contribution is 2.26. The Hall–Kier alpha value is -1.65. The van der Waals surface area contributed by atoms with E-state index in [-0.39, 0.29) is 0 Å². The zero-order valence-corrected chi connectivity index (χ0v) is 8.40. The van der Waals surface area contributed by atoms with Gasteiger partial charge in [-0.05, 0) is 17.7 Å². The van der Waals surface area contributed by atoms with Crippen LogP contribution in [-0.2, 0) is 6.54 Å². The van der Waals surface area contributed by atoms with Gasteiger partial charge in [-0.3, -0.25) is 4.98 Å². The summed E-state index contributed by atoms with van der Waals surface area (Å²) in [5, 5.41) is 9.69. The highest BCUT2D eigenvalue weighted by molar-refractivity contribution is 5.87. The smallest absolute Gasteiger partial charge is 0.145 e. The number of fused-ring (bicyclic) bond motifs is 1. The second kappa shape index (κ2) is 4.25. The van der Waals surface area contributed by atoms with Crippen molar-refractivity contribution in [3.8, 4) is 5.75 Å². The van der Waals surface area contributed by atoms with E-state index in [2.05, 4.69) is 10.5 Å². The number of ether oxygens (including phenoxy) is 1. The molecule has 0 atom stereocenters. The summed E-state index contributed by atoms with van der Waals surface area (Å²) in [6.07, 6.45) is 1.72. The average molecular weight is 204 g/mol. The maximum absolute atomic E-state index is 8.70. The fourth-order valence-corrected chi connectivity index (χ4v) is 1.61. The molecule has 4 heteroatoms. The minimum absolute atomic E-state index is 0.395. The van der Waals surface area contributed by atoms with Crippen LogP contribution >= 0.6 is 0 Å². The van der Waals surface area contributed by atoms with Gasteiger partial charge in [0.25, 0.3) is 0 Å². The molecule has 78 valence electrons. The van der Waals surface area contributed by atoms with E-state index in [1.807, 2.05) is 24.3 Å². The Morgan fingerprint density at radius 2 is 2.27 bits per heavy atom. The van der Waals surface area contributed by atoms with Crippen molar-refractivity contribution in [2.24, 2.45) is 0 Å². The van der Waals surface area contributed by atoms with Gasteiger partial charge in [0.15, 0.2) is 0 Å². The lowest BCUT2D eigenvalue weighted by Gasteiger charge is -2.08. The molecule has 0 saturated heterocycles. The van der Waals surface area contributed by atoms with Crippen LogP contribution in [0.2, 0.25) is 0 Å². The Morgan fingerprint density at radius 1 is 1.40 bits per heavy atom. The zero-order valence-electron chi connectivity index (χ0n) is 8.40. The molecule has 2 rings (SSSR count). The number of benzene rings is 1. The Labute approximate surface area is 87.5 Å². The predicted octanol–water partition coefficient (Wildman–Crippen LogP) is 1.72. The number of pyridine rings is 1. The number of nitrogens with one attached hydrogen (secondary N) is 1. The lowest BCUT2D eigenvalue weighted by Crippen LogP contribution is -2.06. The van der Waals surface area contributed by atoms with Crippen molar-refractivity contribution in [2.45, 2.75) is 6.54 Å². The van der Waals surface area contributed by atoms with Crippen molar-refractivity contribution in [1.29, 1.82) is 0 Å². The largest absolute Gasteiger partial charge is 0.494 e. The molecular weight excluding hydrogens is 192 g/mol. The van der Waals surface area contributed by atoms with Crippen LogP contribution in [0.3, 0.4) is 0 Å². The Kier molecular flexibility index (Phi) is 2.80. The molecule has 2 N–H and O–H groups in total. The highest BCUT2D eigenvalue weighted by atomic mass is 16.5. The topological polar surface area (TPSA) is 54.4 Å². The monoisotopic (exact) mass is 204 g/mol. The molecule has 0 radical (unpaired) electrons. The average Bonchev–Trinajstić information content (AvgIpc) is 2.30. The first-order valence-corrected chi connectivity index (χ1v) is 4.64. The summed E-state index contributed by atoms with van der Waals surface area (Å²) in [4.78, 5) is 4.26. The third-order valence-electron chi connectivity index (χ3n) is 2.31. The summed E-state index contributed by atoms with van der Waals surface area (Å²) >= 11 is 0. The van der Waals surface area contributed by atoms with E-state index in [1.54, 1.807) is 13.3 Å². The fraction of sp³-hybridized carbons (Fsp3) is 0.182. The summed E-state index contributed by atoms with van der Waals surface area (Å²) in [5.41, 5.74) is 3.95. The van der Waals surface area contributed by atoms with Gasteiger partial charge >= 0.3 is 0 Å². The molecule has 0 saturated carbocycles. The van der Waals surface area contributed by atoms with Crippen molar-refractivity contribution in [3.63, 3.8) is 0 Å². The molecule has 0 fully saturated rings. The first-order valence-electron chi connectivity index (χ1n) is 4.64. The van der Waals surface area contributed by atoms with Crippen molar-refractivity contribution >= 4 is 10.9 Å². The standard InChI is InChI=1S/C11H12N2O2/c1-15-10-5-4-8(7-13-14)9-3-2-6-12-11(9)10/h2-6,13-14H,7H2,1H3. The summed E-state index contributed by atoms with van der Waals surface area (Å²) in [6.45, 7) is 0.395. The van der Waals surface area contributed by atoms with Gasteiger partial charge in [0, 0.05) is 18.1 Å². The van der Waals surface area contributed by atoms with E-state index in [1.165, 1.54) is 0 Å². The molecule has 1 aromatic heterocycles. The molecule has 0 amide bonds. The van der Waals surface area contributed by atoms with E-state index in [0.717, 1.165) is 22.2 Å². The molecule has 0 spiro atoms. The Morgan fingerprint density at radius 3 is 3.00 bits per heavy atom. The number of nitrogens with zero attached hydrogens (tertiary/aromatic N) is 1. The number of hydroxylamine groups is 1. The maximum Gasteiger partial charge on any atom is 0.145 e. The number of methoxy groups -OCH3 is 1. The molecule has 4 nitrogen and oxygen atoms in total. The van der Waals surface area contributed by atoms with Crippen molar-refractivity contribution < 1.29 is 9.94 Å². The Bertz CT molecular complexity index is 471. The first-order chi connectivity index (χ1) is 7.36. The Balaban J connectivity index is 2.66. The van der Waals surface area contributed by atoms with Gasteiger partial charge in [0.05, 0.1) is 7.11 Å². The van der Waals surface area contributed by atoms with Crippen LogP contribution in [0.1, 0.15) is 5.56 Å². The summed E-state index contributed by atoms with van der Waals surface area (Å²) in [6, 6.07) is 7.58. The number of rotatable bonds is 3. The van der Waals surface area contributed by atoms with Crippen LogP contribution < -0.4 is 10.2 Å². The molecule has 0 bridgehead atoms. The van der Waals surface area contributed by atoms with Crippen molar-refractivity contribution in [2.75, 3.05) is 7.11 Å². The van der Waals surface area contributed by atoms with Crippen molar-refractivity contribution in [3.05, 3.63) is 36.0 Å². The van der Waals surface area contributed by atoms with Crippen molar-refractivity contribution in [1.82, 2.24) is 10.5 Å². The molecule has 0 unspecified atom stereocenters. The number of aromatic nitrogens is 1. The van der Waals surface area contributed by atoms with Gasteiger partial charge in [-0.2, -0.15) is 0 Å². The molecule has 1 heterocycles. The van der Waals surface area contributed by atoms with Crippen LogP contribution in [-0.4, -0.2) is 17.3 Å². The number of hydrogen-bond donors (Lipinski definition) is 2. The van der Waals surface area contributed by atoms with Gasteiger partial charge in [-0.15, -0.1) is 0 Å². The van der Waals surface area contributed by atoms with E-state index in [0.29, 0.717) is 6.54 Å². The highest BCUT2D eigenvalue weighted by Gasteiger charge is 2.06. The first kappa shape index (κ1) is 9.89. The lowest BCUT2D eigenvalue weighted by molar-refractivity contribution is 0.161. The van der Waals surface area contributed by atoms with Gasteiger partial charge < -0.3 is 9.94 Å². The van der Waals surface area contributed by atoms with E-state index < -0.39 is 0 Å². The third kappa shape index (κ3) is 1.77. The summed E-state index contributed by atoms with van der Waals surface area (Å²) in [5.74, 6) is 0.743. The fourth-order valence-electron chi connectivity index (χ4n) is 1.61. The van der Waals surface area contributed by atoms with Gasteiger partial charge in [-0.1, -0.05) is 12.1 Å². The minimum atomic E-state index is 0.395. The summed E-state index contributed by atoms with van der Waals surface area (Å²) in [7, 11) is 1.62. The van der Waals surface area contributed by atoms with Gasteiger partial charge in [-0.25, -0.2) is 5.48 Å². The van der Waals surface area contributed by atoms with Crippen LogP contribution in [0.15, 0.2) is 30.5 Å². The number of hydrogen-bond acceptors (Lipinski definition) is 4. The molecule has 15 heavy (non-hydrogen) atoms. The second-order valence-electron chi connectivity index (χ2n) is 3.16. The van der Waals surface area contributed by atoms with Gasteiger partial charge in [0.1, 0.15) is 11.3 Å². The molecule has 1 aromatic carbocycles. The predicted molar refractivity (Wildman–Crippen MR) is 56.9 cm³/mol. The van der Waals surface area contributed by atoms with E-state index >= 15 is 0 Å². The molecule has 2 aromatic rings. The molecule has 0 aliphatic carbocycles. The van der Waals surface area contributed by atoms with Crippen LogP contribution in [0.5, 0.6) is 5.75 Å². The zero-order chi connectivity index (χ0) is 10.7. The maximum atomic E-state index is 8.70. The molecule has 0 aliphatic rings. The van der Waals surface area contributed by atoms with Crippen LogP contribution in [0, 0.1) is 0 Å². The minimum Gasteiger partial charge on any atom is -0.494 e. The van der Waals surface area contributed by atoms with Crippen LogP contribution in [0.4, 0.5) is 0 Å². The molecular formula is C11H12N2O2. The SMILES string of the molecule is COc1ccc(CNO)c2cccnc12. The van der Waals surface area contributed by atoms with E-state index in [9.17, 15) is 0 Å². The lowest BCUT2D eigenvalue weighted by atomic mass is 10.1. The summed E-state index contributed by atoms with van der Waals surface area (Å²) < 4.78 is 5.22. The third-order valence-corrected chi connectivity index (χ3v) is 2.31. The van der Waals surface area contributed by atoms with E-state index in [4.69, 9.17) is 9.94 Å². The second-order valence-corrected chi connectivity index (χ2v) is 3.16. The normalized spacial score (nSPS) is 10.5.